The van der Waals surface area contributed by atoms with Gasteiger partial charge in [-0.3, -0.25) is 4.79 Å². The molecule has 0 radical (unpaired) electrons. The number of nitrogens with one attached hydrogen (secondary N) is 1. The van der Waals surface area contributed by atoms with Gasteiger partial charge in [0.1, 0.15) is 5.82 Å². The van der Waals surface area contributed by atoms with Crippen LogP contribution in [0.5, 0.6) is 0 Å². The van der Waals surface area contributed by atoms with E-state index in [2.05, 4.69) is 15.3 Å². The maximum absolute atomic E-state index is 13.3. The van der Waals surface area contributed by atoms with Crippen LogP contribution in [0.1, 0.15) is 32.4 Å². The molecule has 1 aliphatic heterocycles. The van der Waals surface area contributed by atoms with Crippen LogP contribution in [-0.2, 0) is 11.0 Å². The summed E-state index contributed by atoms with van der Waals surface area (Å²) in [5.74, 6) is 0.0219. The number of rotatable bonds is 6. The van der Waals surface area contributed by atoms with Crippen LogP contribution in [0.25, 0.3) is 0 Å². The van der Waals surface area contributed by atoms with E-state index < -0.39 is 23.8 Å². The smallest absolute Gasteiger partial charge is 0.433 e. The standard InChI is InChI=1S/C18H23F3N4O2/c1-8(16(26)27)15-11-6-25(7-12(11)15)14-5-13(18(19,20)21)23-17(24-14)22-9(2)10-3-4-10/h5,8-12,15H,3-4,6-7H2,1-2H3,(H,26,27)(H,22,23,24)/t8?,9-,11-,12+,15?/m0/s1. The van der Waals surface area contributed by atoms with E-state index in [-0.39, 0.29) is 35.6 Å². The lowest BCUT2D eigenvalue weighted by Crippen LogP contribution is -2.29. The van der Waals surface area contributed by atoms with E-state index in [0.717, 1.165) is 18.9 Å². The van der Waals surface area contributed by atoms with Crippen LogP contribution in [0.15, 0.2) is 6.07 Å². The number of carbonyl (C=O) groups is 1. The Kier molecular flexibility index (Phi) is 4.23. The number of hydrogen-bond donors (Lipinski definition) is 2. The summed E-state index contributed by atoms with van der Waals surface area (Å²) in [7, 11) is 0. The van der Waals surface area contributed by atoms with Gasteiger partial charge in [0.2, 0.25) is 5.95 Å². The zero-order valence-electron chi connectivity index (χ0n) is 15.2. The molecule has 0 bridgehead atoms. The Bertz CT molecular complexity index is 741. The molecule has 5 atom stereocenters. The first-order valence-corrected chi connectivity index (χ1v) is 9.35. The highest BCUT2D eigenvalue weighted by Crippen LogP contribution is 2.56. The molecule has 2 aliphatic carbocycles. The van der Waals surface area contributed by atoms with Gasteiger partial charge in [-0.1, -0.05) is 6.92 Å². The van der Waals surface area contributed by atoms with Gasteiger partial charge in [0.05, 0.1) is 5.92 Å². The molecule has 0 aromatic carbocycles. The van der Waals surface area contributed by atoms with Gasteiger partial charge in [-0.25, -0.2) is 4.98 Å². The van der Waals surface area contributed by atoms with Gasteiger partial charge < -0.3 is 15.3 Å². The van der Waals surface area contributed by atoms with E-state index in [0.29, 0.717) is 19.0 Å². The second-order valence-electron chi connectivity index (χ2n) is 8.14. The molecule has 0 spiro atoms. The highest BCUT2D eigenvalue weighted by molar-refractivity contribution is 5.71. The number of hydrogen-bond acceptors (Lipinski definition) is 5. The average Bonchev–Trinajstić information content (AvgIpc) is 3.50. The molecule has 1 aromatic rings. The maximum Gasteiger partial charge on any atom is 0.433 e. The summed E-state index contributed by atoms with van der Waals surface area (Å²) in [5, 5.41) is 12.2. The summed E-state index contributed by atoms with van der Waals surface area (Å²) in [5.41, 5.74) is -0.950. The zero-order valence-corrected chi connectivity index (χ0v) is 15.2. The van der Waals surface area contributed by atoms with Crippen molar-refractivity contribution in [3.8, 4) is 0 Å². The van der Waals surface area contributed by atoms with Gasteiger partial charge >= 0.3 is 12.1 Å². The number of carboxylic acids is 1. The monoisotopic (exact) mass is 384 g/mol. The van der Waals surface area contributed by atoms with E-state index in [9.17, 15) is 18.0 Å². The zero-order chi connectivity index (χ0) is 19.5. The van der Waals surface area contributed by atoms with Crippen molar-refractivity contribution in [2.75, 3.05) is 23.3 Å². The van der Waals surface area contributed by atoms with Gasteiger partial charge in [-0.2, -0.15) is 18.2 Å². The summed E-state index contributed by atoms with van der Waals surface area (Å²) in [6.45, 7) is 4.71. The van der Waals surface area contributed by atoms with Crippen LogP contribution in [-0.4, -0.2) is 40.2 Å². The Morgan fingerprint density at radius 3 is 2.41 bits per heavy atom. The molecule has 3 aliphatic rings. The van der Waals surface area contributed by atoms with Crippen LogP contribution in [0.3, 0.4) is 0 Å². The normalized spacial score (nSPS) is 29.2. The van der Waals surface area contributed by atoms with Crippen molar-refractivity contribution in [3.05, 3.63) is 11.8 Å². The number of carboxylic acid groups (broad SMARTS) is 1. The Balaban J connectivity index is 1.52. The van der Waals surface area contributed by atoms with E-state index in [1.165, 1.54) is 0 Å². The van der Waals surface area contributed by atoms with Crippen molar-refractivity contribution in [3.63, 3.8) is 0 Å². The number of halogens is 3. The lowest BCUT2D eigenvalue weighted by Gasteiger charge is -2.24. The summed E-state index contributed by atoms with van der Waals surface area (Å²) >= 11 is 0. The first-order valence-electron chi connectivity index (χ1n) is 9.35. The number of aromatic nitrogens is 2. The molecule has 2 N–H and O–H groups in total. The van der Waals surface area contributed by atoms with Crippen molar-refractivity contribution < 1.29 is 23.1 Å². The van der Waals surface area contributed by atoms with Crippen molar-refractivity contribution >= 4 is 17.7 Å². The number of alkyl halides is 3. The van der Waals surface area contributed by atoms with Crippen LogP contribution in [0, 0.1) is 29.6 Å². The molecule has 0 amide bonds. The number of fused-ring (bicyclic) bond motifs is 1. The molecular weight excluding hydrogens is 361 g/mol. The van der Waals surface area contributed by atoms with Crippen molar-refractivity contribution in [2.45, 2.75) is 38.9 Å². The van der Waals surface area contributed by atoms with E-state index >= 15 is 0 Å². The maximum atomic E-state index is 13.3. The van der Waals surface area contributed by atoms with Gasteiger partial charge in [-0.05, 0) is 43.4 Å². The number of piperidine rings is 1. The Morgan fingerprint density at radius 1 is 1.26 bits per heavy atom. The third kappa shape index (κ3) is 3.55. The first kappa shape index (κ1) is 18.3. The van der Waals surface area contributed by atoms with Gasteiger partial charge in [0.25, 0.3) is 0 Å². The predicted molar refractivity (Wildman–Crippen MR) is 92.3 cm³/mol. The van der Waals surface area contributed by atoms with Gasteiger partial charge in [-0.15, -0.1) is 0 Å². The number of anilines is 2. The molecule has 6 nitrogen and oxygen atoms in total. The molecular formula is C18H23F3N4O2. The third-order valence-electron chi connectivity index (χ3n) is 6.24. The minimum atomic E-state index is -4.54. The molecule has 4 rings (SSSR count). The molecule has 1 saturated heterocycles. The minimum Gasteiger partial charge on any atom is -0.481 e. The number of nitrogens with zero attached hydrogens (tertiary/aromatic N) is 3. The second-order valence-corrected chi connectivity index (χ2v) is 8.14. The van der Waals surface area contributed by atoms with Crippen LogP contribution < -0.4 is 10.2 Å². The van der Waals surface area contributed by atoms with Crippen LogP contribution >= 0.6 is 0 Å². The van der Waals surface area contributed by atoms with E-state index in [4.69, 9.17) is 5.11 Å². The lowest BCUT2D eigenvalue weighted by molar-refractivity contribution is -0.142. The first-order chi connectivity index (χ1) is 12.6. The minimum absolute atomic E-state index is 0.00949. The second kappa shape index (κ2) is 6.24. The largest absolute Gasteiger partial charge is 0.481 e. The highest BCUT2D eigenvalue weighted by atomic mass is 19.4. The third-order valence-corrected chi connectivity index (χ3v) is 6.24. The Morgan fingerprint density at radius 2 is 1.89 bits per heavy atom. The summed E-state index contributed by atoms with van der Waals surface area (Å²) < 4.78 is 39.9. The molecule has 148 valence electrons. The van der Waals surface area contributed by atoms with Crippen LogP contribution in [0.4, 0.5) is 24.9 Å². The highest BCUT2D eigenvalue weighted by Gasteiger charge is 2.59. The quantitative estimate of drug-likeness (QED) is 0.785. The van der Waals surface area contributed by atoms with Crippen molar-refractivity contribution in [2.24, 2.45) is 29.6 Å². The summed E-state index contributed by atoms with van der Waals surface area (Å²) in [6.07, 6.45) is -2.41. The lowest BCUT2D eigenvalue weighted by atomic mass is 10.0. The van der Waals surface area contributed by atoms with Gasteiger partial charge in [0.15, 0.2) is 5.69 Å². The fourth-order valence-corrected chi connectivity index (χ4v) is 4.39. The van der Waals surface area contributed by atoms with Gasteiger partial charge in [0, 0.05) is 25.2 Å². The molecule has 3 fully saturated rings. The molecule has 9 heteroatoms. The van der Waals surface area contributed by atoms with Crippen molar-refractivity contribution in [1.29, 1.82) is 0 Å². The predicted octanol–water partition coefficient (Wildman–Crippen LogP) is 3.11. The fraction of sp³-hybridized carbons (Fsp3) is 0.722. The molecule has 2 heterocycles. The van der Waals surface area contributed by atoms with Crippen LogP contribution in [0.2, 0.25) is 0 Å². The number of aliphatic carboxylic acids is 1. The SMILES string of the molecule is CC(C(=O)O)C1[C@H]2CN(c3cc(C(F)(F)F)nc(N[C@@H](C)C4CC4)n3)C[C@@H]12. The molecule has 2 saturated carbocycles. The summed E-state index contributed by atoms with van der Waals surface area (Å²) in [6, 6.07) is 1.03. The average molecular weight is 384 g/mol. The van der Waals surface area contributed by atoms with Crippen molar-refractivity contribution in [1.82, 2.24) is 9.97 Å². The topological polar surface area (TPSA) is 78.3 Å². The molecule has 1 aromatic heterocycles. The fourth-order valence-electron chi connectivity index (χ4n) is 4.39. The van der Waals surface area contributed by atoms with E-state index in [1.807, 2.05) is 11.8 Å². The Hall–Kier alpha value is -2.06. The summed E-state index contributed by atoms with van der Waals surface area (Å²) in [4.78, 5) is 21.0. The molecule has 27 heavy (non-hydrogen) atoms. The molecule has 2 unspecified atom stereocenters. The Labute approximate surface area is 155 Å². The van der Waals surface area contributed by atoms with E-state index in [1.54, 1.807) is 6.92 Å².